The average molecular weight is 440 g/mol. The summed E-state index contributed by atoms with van der Waals surface area (Å²) in [5.41, 5.74) is 1.41. The van der Waals surface area contributed by atoms with Gasteiger partial charge in [0.25, 0.3) is 0 Å². The number of rotatable bonds is 6. The number of benzene rings is 2. The van der Waals surface area contributed by atoms with Crippen LogP contribution in [-0.4, -0.2) is 40.4 Å². The second-order valence-corrected chi connectivity index (χ2v) is 7.53. The van der Waals surface area contributed by atoms with Gasteiger partial charge in [-0.2, -0.15) is 0 Å². The molecule has 4 aromatic rings. The largest absolute Gasteiger partial charge is 0.495 e. The molecule has 0 N–H and O–H groups in total. The van der Waals surface area contributed by atoms with Gasteiger partial charge in [0.15, 0.2) is 18.1 Å². The maximum atomic E-state index is 12.6. The van der Waals surface area contributed by atoms with Crippen molar-refractivity contribution in [1.82, 2.24) is 15.0 Å². The summed E-state index contributed by atoms with van der Waals surface area (Å²) in [7, 11) is 1.48. The van der Waals surface area contributed by atoms with Gasteiger partial charge < -0.3 is 9.47 Å². The van der Waals surface area contributed by atoms with Gasteiger partial charge in [0, 0.05) is 18.0 Å². The monoisotopic (exact) mass is 439 g/mol. The Balaban J connectivity index is 1.53. The second-order valence-electron chi connectivity index (χ2n) is 6.09. The molecule has 0 aliphatic carbocycles. The summed E-state index contributed by atoms with van der Waals surface area (Å²) >= 11 is 7.44. The van der Waals surface area contributed by atoms with E-state index in [0.717, 1.165) is 10.2 Å². The molecule has 2 aromatic heterocycles. The average Bonchev–Trinajstić information content (AvgIpc) is 3.21. The summed E-state index contributed by atoms with van der Waals surface area (Å²) in [6.45, 7) is -0.461. The molecule has 0 unspecified atom stereocenters. The van der Waals surface area contributed by atoms with E-state index in [1.807, 2.05) is 24.3 Å². The highest BCUT2D eigenvalue weighted by atomic mass is 35.5. The Morgan fingerprint density at radius 2 is 1.90 bits per heavy atom. The Bertz CT molecular complexity index is 1220. The SMILES string of the molecule is COc1ccc(C(=O)COC(=O)c2nccnc2-c2nc3ccccc3s2)cc1Cl. The summed E-state index contributed by atoms with van der Waals surface area (Å²) < 4.78 is 11.2. The topological polar surface area (TPSA) is 91.3 Å². The smallest absolute Gasteiger partial charge is 0.359 e. The normalized spacial score (nSPS) is 10.7. The van der Waals surface area contributed by atoms with Crippen molar-refractivity contribution in [3.05, 3.63) is 71.1 Å². The summed E-state index contributed by atoms with van der Waals surface area (Å²) in [5.74, 6) is -0.714. The first-order valence-electron chi connectivity index (χ1n) is 8.77. The molecule has 0 radical (unpaired) electrons. The number of hydrogen-bond donors (Lipinski definition) is 0. The van der Waals surface area contributed by atoms with Crippen molar-refractivity contribution in [3.63, 3.8) is 0 Å². The van der Waals surface area contributed by atoms with Gasteiger partial charge in [0.1, 0.15) is 16.5 Å². The fourth-order valence-electron chi connectivity index (χ4n) is 2.74. The van der Waals surface area contributed by atoms with Gasteiger partial charge in [-0.25, -0.2) is 19.7 Å². The zero-order chi connectivity index (χ0) is 21.1. The van der Waals surface area contributed by atoms with Crippen molar-refractivity contribution in [1.29, 1.82) is 0 Å². The van der Waals surface area contributed by atoms with E-state index in [4.69, 9.17) is 21.1 Å². The number of thiazole rings is 1. The van der Waals surface area contributed by atoms with E-state index >= 15 is 0 Å². The Morgan fingerprint density at radius 1 is 1.10 bits per heavy atom. The first-order chi connectivity index (χ1) is 14.6. The number of esters is 1. The number of ether oxygens (including phenoxy) is 2. The molecule has 0 saturated heterocycles. The number of nitrogens with zero attached hydrogens (tertiary/aromatic N) is 3. The number of fused-ring (bicyclic) bond motifs is 1. The fraction of sp³-hybridized carbons (Fsp3) is 0.0952. The number of para-hydroxylation sites is 1. The summed E-state index contributed by atoms with van der Waals surface area (Å²) in [6, 6.07) is 12.2. The van der Waals surface area contributed by atoms with Gasteiger partial charge >= 0.3 is 5.97 Å². The van der Waals surface area contributed by atoms with Gasteiger partial charge in [-0.1, -0.05) is 23.7 Å². The number of hydrogen-bond acceptors (Lipinski definition) is 8. The van der Waals surface area contributed by atoms with Gasteiger partial charge in [0.05, 0.1) is 22.3 Å². The molecule has 150 valence electrons. The number of carbonyl (C=O) groups is 2. The van der Waals surface area contributed by atoms with Crippen LogP contribution < -0.4 is 4.74 Å². The molecular weight excluding hydrogens is 426 g/mol. The molecule has 0 bridgehead atoms. The van der Waals surface area contributed by atoms with Crippen molar-refractivity contribution >= 4 is 44.9 Å². The van der Waals surface area contributed by atoms with Crippen molar-refractivity contribution in [2.75, 3.05) is 13.7 Å². The van der Waals surface area contributed by atoms with E-state index in [1.54, 1.807) is 12.1 Å². The molecule has 4 rings (SSSR count). The fourth-order valence-corrected chi connectivity index (χ4v) is 3.96. The molecule has 0 fully saturated rings. The van der Waals surface area contributed by atoms with Crippen LogP contribution in [0.15, 0.2) is 54.9 Å². The van der Waals surface area contributed by atoms with Crippen LogP contribution >= 0.6 is 22.9 Å². The lowest BCUT2D eigenvalue weighted by atomic mass is 10.1. The maximum absolute atomic E-state index is 12.6. The van der Waals surface area contributed by atoms with Crippen molar-refractivity contribution < 1.29 is 19.1 Å². The lowest BCUT2D eigenvalue weighted by molar-refractivity contribution is 0.0469. The molecular formula is C21H14ClN3O4S. The lowest BCUT2D eigenvalue weighted by Crippen LogP contribution is -2.16. The van der Waals surface area contributed by atoms with Gasteiger partial charge in [-0.05, 0) is 30.3 Å². The van der Waals surface area contributed by atoms with Gasteiger partial charge in [-0.15, -0.1) is 11.3 Å². The number of carbonyl (C=O) groups excluding carboxylic acids is 2. The number of aromatic nitrogens is 3. The van der Waals surface area contributed by atoms with Crippen LogP contribution in [0.1, 0.15) is 20.8 Å². The highest BCUT2D eigenvalue weighted by Gasteiger charge is 2.21. The predicted octanol–water partition coefficient (Wildman–Crippen LogP) is 4.46. The van der Waals surface area contributed by atoms with Crippen molar-refractivity contribution in [2.24, 2.45) is 0 Å². The maximum Gasteiger partial charge on any atom is 0.359 e. The second kappa shape index (κ2) is 8.56. The highest BCUT2D eigenvalue weighted by molar-refractivity contribution is 7.21. The van der Waals surface area contributed by atoms with Crippen LogP contribution in [0.25, 0.3) is 20.9 Å². The van der Waals surface area contributed by atoms with E-state index in [0.29, 0.717) is 27.0 Å². The molecule has 2 aromatic carbocycles. The minimum Gasteiger partial charge on any atom is -0.495 e. The quantitative estimate of drug-likeness (QED) is 0.323. The first kappa shape index (κ1) is 19.9. The standard InChI is InChI=1S/C21H14ClN3O4S/c1-28-16-7-6-12(10-13(16)22)15(26)11-29-21(27)19-18(23-8-9-24-19)20-25-14-4-2-3-5-17(14)30-20/h2-10H,11H2,1H3. The predicted molar refractivity (Wildman–Crippen MR) is 113 cm³/mol. The molecule has 0 aliphatic heterocycles. The third-order valence-corrected chi connectivity index (χ3v) is 5.53. The van der Waals surface area contributed by atoms with Crippen LogP contribution in [0.3, 0.4) is 0 Å². The molecule has 0 amide bonds. The number of halogens is 1. The number of Topliss-reactive ketones (excluding diaryl/α,β-unsaturated/α-hetero) is 1. The summed E-state index contributed by atoms with van der Waals surface area (Å²) in [5, 5.41) is 0.839. The van der Waals surface area contributed by atoms with Crippen LogP contribution in [0.5, 0.6) is 5.75 Å². The first-order valence-corrected chi connectivity index (χ1v) is 9.97. The molecule has 0 spiro atoms. The highest BCUT2D eigenvalue weighted by Crippen LogP contribution is 2.30. The Kier molecular flexibility index (Phi) is 5.69. The zero-order valence-electron chi connectivity index (χ0n) is 15.7. The van der Waals surface area contributed by atoms with Crippen LogP contribution in [-0.2, 0) is 4.74 Å². The van der Waals surface area contributed by atoms with Crippen molar-refractivity contribution in [3.8, 4) is 16.5 Å². The molecule has 2 heterocycles. The van der Waals surface area contributed by atoms with Crippen molar-refractivity contribution in [2.45, 2.75) is 0 Å². The lowest BCUT2D eigenvalue weighted by Gasteiger charge is -2.07. The van der Waals surface area contributed by atoms with Crippen LogP contribution in [0.4, 0.5) is 0 Å². The summed E-state index contributed by atoms with van der Waals surface area (Å²) in [4.78, 5) is 37.8. The molecule has 7 nitrogen and oxygen atoms in total. The minimum atomic E-state index is -0.759. The molecule has 0 saturated carbocycles. The Hall–Kier alpha value is -3.36. The molecule has 0 aliphatic rings. The molecule has 30 heavy (non-hydrogen) atoms. The van der Waals surface area contributed by atoms with E-state index < -0.39 is 18.4 Å². The molecule has 9 heteroatoms. The van der Waals surface area contributed by atoms with E-state index in [9.17, 15) is 9.59 Å². The zero-order valence-corrected chi connectivity index (χ0v) is 17.2. The third kappa shape index (κ3) is 4.00. The number of ketones is 1. The molecule has 0 atom stereocenters. The van der Waals surface area contributed by atoms with Crippen LogP contribution in [0.2, 0.25) is 5.02 Å². The Morgan fingerprint density at radius 3 is 2.67 bits per heavy atom. The minimum absolute atomic E-state index is 0.00267. The van der Waals surface area contributed by atoms with E-state index in [2.05, 4.69) is 15.0 Å². The van der Waals surface area contributed by atoms with Gasteiger partial charge in [-0.3, -0.25) is 4.79 Å². The summed E-state index contributed by atoms with van der Waals surface area (Å²) in [6.07, 6.45) is 2.86. The van der Waals surface area contributed by atoms with Crippen LogP contribution in [0, 0.1) is 0 Å². The van der Waals surface area contributed by atoms with E-state index in [-0.39, 0.29) is 5.69 Å². The third-order valence-electron chi connectivity index (χ3n) is 4.20. The Labute approximate surface area is 180 Å². The van der Waals surface area contributed by atoms with Gasteiger partial charge in [0.2, 0.25) is 0 Å². The number of methoxy groups -OCH3 is 1. The van der Waals surface area contributed by atoms with E-state index in [1.165, 1.54) is 36.9 Å².